The fraction of sp³-hybridized carbons (Fsp3) is 0.538. The molecule has 0 spiro atoms. The van der Waals surface area contributed by atoms with Crippen molar-refractivity contribution in [1.29, 1.82) is 0 Å². The van der Waals surface area contributed by atoms with Crippen molar-refractivity contribution in [3.8, 4) is 5.75 Å². The monoisotopic (exact) mass is 270 g/mol. The summed E-state index contributed by atoms with van der Waals surface area (Å²) in [7, 11) is 1.65. The Kier molecular flexibility index (Phi) is 5.41. The van der Waals surface area contributed by atoms with Crippen LogP contribution >= 0.6 is 12.4 Å². The zero-order valence-corrected chi connectivity index (χ0v) is 11.5. The van der Waals surface area contributed by atoms with Crippen LogP contribution in [-0.2, 0) is 4.79 Å². The summed E-state index contributed by atoms with van der Waals surface area (Å²) < 4.78 is 5.35. The van der Waals surface area contributed by atoms with E-state index in [9.17, 15) is 4.79 Å². The second-order valence-corrected chi connectivity index (χ2v) is 4.43. The van der Waals surface area contributed by atoms with E-state index in [2.05, 4.69) is 10.3 Å². The highest BCUT2D eigenvalue weighted by Gasteiger charge is 2.19. The van der Waals surface area contributed by atoms with Crippen LogP contribution < -0.4 is 10.1 Å². The van der Waals surface area contributed by atoms with Gasteiger partial charge in [0.25, 0.3) is 0 Å². The summed E-state index contributed by atoms with van der Waals surface area (Å²) >= 11 is 0. The van der Waals surface area contributed by atoms with E-state index in [0.717, 1.165) is 30.0 Å². The van der Waals surface area contributed by atoms with Crippen molar-refractivity contribution in [1.82, 2.24) is 4.98 Å². The van der Waals surface area contributed by atoms with Gasteiger partial charge >= 0.3 is 0 Å². The van der Waals surface area contributed by atoms with Gasteiger partial charge in [0.15, 0.2) is 5.75 Å². The van der Waals surface area contributed by atoms with Crippen molar-refractivity contribution in [2.75, 3.05) is 12.4 Å². The Labute approximate surface area is 114 Å². The summed E-state index contributed by atoms with van der Waals surface area (Å²) in [6, 6.07) is 2.28. The zero-order chi connectivity index (χ0) is 12.3. The van der Waals surface area contributed by atoms with Gasteiger partial charge in [-0.15, -0.1) is 12.4 Å². The zero-order valence-electron chi connectivity index (χ0n) is 10.7. The van der Waals surface area contributed by atoms with E-state index in [1.54, 1.807) is 13.3 Å². The van der Waals surface area contributed by atoms with Gasteiger partial charge in [-0.25, -0.2) is 0 Å². The number of ketones is 1. The number of aromatic nitrogens is 1. The van der Waals surface area contributed by atoms with E-state index in [-0.39, 0.29) is 12.4 Å². The van der Waals surface area contributed by atoms with Crippen LogP contribution in [-0.4, -0.2) is 23.9 Å². The van der Waals surface area contributed by atoms with Crippen LogP contribution in [0.4, 0.5) is 5.69 Å². The molecule has 100 valence electrons. The standard InChI is InChI=1S/C13H18N2O2.ClH/c1-9-13(17-2)12(7-8-14-9)15-10-3-5-11(16)6-4-10;/h7-8,10H,3-6H2,1-2H3,(H,14,15);1H. The van der Waals surface area contributed by atoms with Gasteiger partial charge in [-0.3, -0.25) is 9.78 Å². The molecule has 0 saturated heterocycles. The number of halogens is 1. The fourth-order valence-electron chi connectivity index (χ4n) is 2.23. The van der Waals surface area contributed by atoms with Gasteiger partial charge in [0.2, 0.25) is 0 Å². The third-order valence-corrected chi connectivity index (χ3v) is 3.19. The summed E-state index contributed by atoms with van der Waals surface area (Å²) in [5.74, 6) is 1.17. The van der Waals surface area contributed by atoms with Crippen LogP contribution in [0.5, 0.6) is 5.75 Å². The highest BCUT2D eigenvalue weighted by Crippen LogP contribution is 2.29. The number of hydrogen-bond donors (Lipinski definition) is 1. The van der Waals surface area contributed by atoms with Crippen LogP contribution in [0, 0.1) is 6.92 Å². The van der Waals surface area contributed by atoms with Gasteiger partial charge in [0.05, 0.1) is 18.5 Å². The number of hydrogen-bond acceptors (Lipinski definition) is 4. The van der Waals surface area contributed by atoms with Crippen molar-refractivity contribution < 1.29 is 9.53 Å². The molecular weight excluding hydrogens is 252 g/mol. The number of nitrogens with zero attached hydrogens (tertiary/aromatic N) is 1. The minimum absolute atomic E-state index is 0. The van der Waals surface area contributed by atoms with Crippen molar-refractivity contribution in [2.45, 2.75) is 38.6 Å². The van der Waals surface area contributed by atoms with E-state index >= 15 is 0 Å². The summed E-state index contributed by atoms with van der Waals surface area (Å²) in [6.45, 7) is 1.93. The maximum absolute atomic E-state index is 11.2. The maximum atomic E-state index is 11.2. The third-order valence-electron chi connectivity index (χ3n) is 3.19. The number of nitrogens with one attached hydrogen (secondary N) is 1. The first-order valence-electron chi connectivity index (χ1n) is 5.98. The van der Waals surface area contributed by atoms with Crippen molar-refractivity contribution >= 4 is 23.9 Å². The van der Waals surface area contributed by atoms with Gasteiger partial charge in [0.1, 0.15) is 5.78 Å². The van der Waals surface area contributed by atoms with E-state index in [4.69, 9.17) is 4.74 Å². The molecule has 0 atom stereocenters. The molecule has 1 aromatic heterocycles. The second kappa shape index (κ2) is 6.59. The van der Waals surface area contributed by atoms with Gasteiger partial charge in [-0.05, 0) is 25.8 Å². The van der Waals surface area contributed by atoms with Crippen LogP contribution in [0.1, 0.15) is 31.4 Å². The first kappa shape index (κ1) is 14.8. The van der Waals surface area contributed by atoms with E-state index < -0.39 is 0 Å². The molecule has 1 aliphatic rings. The van der Waals surface area contributed by atoms with Crippen LogP contribution in [0.2, 0.25) is 0 Å². The maximum Gasteiger partial charge on any atom is 0.163 e. The number of rotatable bonds is 3. The summed E-state index contributed by atoms with van der Waals surface area (Å²) in [4.78, 5) is 15.4. The quantitative estimate of drug-likeness (QED) is 0.918. The van der Waals surface area contributed by atoms with Crippen molar-refractivity contribution in [3.63, 3.8) is 0 Å². The lowest BCUT2D eigenvalue weighted by atomic mass is 9.94. The minimum Gasteiger partial charge on any atom is -0.493 e. The smallest absolute Gasteiger partial charge is 0.163 e. The highest BCUT2D eigenvalue weighted by molar-refractivity contribution is 5.85. The molecule has 0 aromatic carbocycles. The van der Waals surface area contributed by atoms with Crippen LogP contribution in [0.25, 0.3) is 0 Å². The topological polar surface area (TPSA) is 51.2 Å². The average molecular weight is 271 g/mol. The number of carbonyl (C=O) groups is 1. The number of aryl methyl sites for hydroxylation is 1. The number of anilines is 1. The number of ether oxygens (including phenoxy) is 1. The molecule has 1 saturated carbocycles. The van der Waals surface area contributed by atoms with Crippen LogP contribution in [0.15, 0.2) is 12.3 Å². The SMILES string of the molecule is COc1c(NC2CCC(=O)CC2)ccnc1C.Cl. The Morgan fingerprint density at radius 1 is 1.39 bits per heavy atom. The fourth-order valence-corrected chi connectivity index (χ4v) is 2.23. The molecule has 4 nitrogen and oxygen atoms in total. The molecule has 0 bridgehead atoms. The molecule has 0 radical (unpaired) electrons. The molecule has 1 N–H and O–H groups in total. The lowest BCUT2D eigenvalue weighted by Gasteiger charge is -2.24. The van der Waals surface area contributed by atoms with E-state index in [0.29, 0.717) is 24.7 Å². The Morgan fingerprint density at radius 3 is 2.67 bits per heavy atom. The van der Waals surface area contributed by atoms with Crippen molar-refractivity contribution in [2.24, 2.45) is 0 Å². The normalized spacial score (nSPS) is 16.0. The molecule has 2 rings (SSSR count). The highest BCUT2D eigenvalue weighted by atomic mass is 35.5. The van der Waals surface area contributed by atoms with Gasteiger partial charge < -0.3 is 10.1 Å². The number of methoxy groups -OCH3 is 1. The molecule has 0 aliphatic heterocycles. The van der Waals surface area contributed by atoms with Gasteiger partial charge in [-0.1, -0.05) is 0 Å². The predicted octanol–water partition coefficient (Wildman–Crippen LogP) is 2.74. The molecule has 1 aliphatic carbocycles. The number of carbonyl (C=O) groups excluding carboxylic acids is 1. The summed E-state index contributed by atoms with van der Waals surface area (Å²) in [5, 5.41) is 3.44. The molecule has 1 heterocycles. The first-order chi connectivity index (χ1) is 8.20. The predicted molar refractivity (Wildman–Crippen MR) is 73.7 cm³/mol. The van der Waals surface area contributed by atoms with Gasteiger partial charge in [-0.2, -0.15) is 0 Å². The molecule has 0 unspecified atom stereocenters. The lowest BCUT2D eigenvalue weighted by molar-refractivity contribution is -0.120. The molecule has 0 amide bonds. The Balaban J connectivity index is 0.00000162. The Hall–Kier alpha value is -1.29. The molecular formula is C13H19ClN2O2. The number of Topliss-reactive ketones (excluding diaryl/α,β-unsaturated/α-hetero) is 1. The van der Waals surface area contributed by atoms with Gasteiger partial charge in [0, 0.05) is 25.1 Å². The largest absolute Gasteiger partial charge is 0.493 e. The second-order valence-electron chi connectivity index (χ2n) is 4.43. The molecule has 18 heavy (non-hydrogen) atoms. The van der Waals surface area contributed by atoms with Crippen LogP contribution in [0.3, 0.4) is 0 Å². The molecule has 1 aromatic rings. The Morgan fingerprint density at radius 2 is 2.06 bits per heavy atom. The summed E-state index contributed by atoms with van der Waals surface area (Å²) in [6.07, 6.45) is 4.95. The molecule has 1 fully saturated rings. The molecule has 5 heteroatoms. The van der Waals surface area contributed by atoms with E-state index in [1.807, 2.05) is 13.0 Å². The average Bonchev–Trinajstić information content (AvgIpc) is 2.32. The third kappa shape index (κ3) is 3.35. The Bertz CT molecular complexity index is 413. The first-order valence-corrected chi connectivity index (χ1v) is 5.98. The lowest BCUT2D eigenvalue weighted by Crippen LogP contribution is -2.26. The van der Waals surface area contributed by atoms with Crippen molar-refractivity contribution in [3.05, 3.63) is 18.0 Å². The number of pyridine rings is 1. The van der Waals surface area contributed by atoms with E-state index in [1.165, 1.54) is 0 Å². The summed E-state index contributed by atoms with van der Waals surface area (Å²) in [5.41, 5.74) is 1.85. The minimum atomic E-state index is 0.